The van der Waals surface area contributed by atoms with Gasteiger partial charge in [0.1, 0.15) is 13.2 Å². The lowest BCUT2D eigenvalue weighted by Crippen LogP contribution is -2.45. The highest BCUT2D eigenvalue weighted by Gasteiger charge is 2.27. The normalized spacial score (nSPS) is 14.8. The van der Waals surface area contributed by atoms with Crippen molar-refractivity contribution in [1.29, 1.82) is 0 Å². The van der Waals surface area contributed by atoms with Crippen LogP contribution in [-0.2, 0) is 18.4 Å². The molecule has 0 aliphatic heterocycles. The van der Waals surface area contributed by atoms with E-state index in [2.05, 4.69) is 104 Å². The molecule has 380 valence electrons. The van der Waals surface area contributed by atoms with Crippen molar-refractivity contribution in [3.8, 4) is 0 Å². The molecule has 0 saturated heterocycles. The molecule has 3 N–H and O–H groups in total. The number of nitrogens with zero attached hydrogens (tertiary/aromatic N) is 1. The summed E-state index contributed by atoms with van der Waals surface area (Å²) in [6.07, 6.45) is 68.0. The van der Waals surface area contributed by atoms with Crippen LogP contribution in [0.3, 0.4) is 0 Å². The maximum Gasteiger partial charge on any atom is 0.472 e. The molecular weight excluding hydrogens is 840 g/mol. The van der Waals surface area contributed by atoms with Crippen molar-refractivity contribution >= 4 is 13.7 Å². The zero-order valence-corrected chi connectivity index (χ0v) is 44.0. The molecule has 0 aliphatic carbocycles. The number of aliphatic hydroxyl groups is 1. The van der Waals surface area contributed by atoms with Crippen molar-refractivity contribution in [2.45, 2.75) is 219 Å². The van der Waals surface area contributed by atoms with Crippen molar-refractivity contribution < 1.29 is 32.9 Å². The summed E-state index contributed by atoms with van der Waals surface area (Å²) in [7, 11) is 1.56. The van der Waals surface area contributed by atoms with Gasteiger partial charge < -0.3 is 19.8 Å². The van der Waals surface area contributed by atoms with Crippen LogP contribution in [0.25, 0.3) is 0 Å². The Bertz CT molecular complexity index is 1390. The van der Waals surface area contributed by atoms with Gasteiger partial charge in [0.05, 0.1) is 39.9 Å². The summed E-state index contributed by atoms with van der Waals surface area (Å²) in [6, 6.07) is -0.849. The Morgan fingerprint density at radius 3 is 1.33 bits per heavy atom. The van der Waals surface area contributed by atoms with Crippen LogP contribution in [0.1, 0.15) is 206 Å². The van der Waals surface area contributed by atoms with E-state index in [1.807, 2.05) is 27.2 Å². The largest absolute Gasteiger partial charge is 0.472 e. The Morgan fingerprint density at radius 2 is 0.909 bits per heavy atom. The SMILES string of the molecule is CC/C=C\C/C=C\C/C=C\C/C=C\C/C=C\C/C=C\C/C=C\CCCCCCCCCCCCCCCC(=O)NC(COP(=O)(O)OCC[N+](C)(C)C)C(O)/C=C/CCCCCCCCC. The van der Waals surface area contributed by atoms with E-state index < -0.39 is 20.0 Å². The Morgan fingerprint density at radius 1 is 0.530 bits per heavy atom. The summed E-state index contributed by atoms with van der Waals surface area (Å²) >= 11 is 0. The second kappa shape index (κ2) is 47.5. The fourth-order valence-corrected chi connectivity index (χ4v) is 7.87. The number of allylic oxidation sites excluding steroid dienone is 15. The van der Waals surface area contributed by atoms with Gasteiger partial charge in [-0.3, -0.25) is 13.8 Å². The molecule has 1 amide bonds. The van der Waals surface area contributed by atoms with Gasteiger partial charge >= 0.3 is 7.82 Å². The van der Waals surface area contributed by atoms with E-state index in [0.717, 1.165) is 83.5 Å². The van der Waals surface area contributed by atoms with E-state index >= 15 is 0 Å². The van der Waals surface area contributed by atoms with Gasteiger partial charge in [-0.2, -0.15) is 0 Å². The maximum atomic E-state index is 12.9. The van der Waals surface area contributed by atoms with Crippen molar-refractivity contribution in [2.75, 3.05) is 40.9 Å². The van der Waals surface area contributed by atoms with Gasteiger partial charge in [0.2, 0.25) is 5.91 Å². The first kappa shape index (κ1) is 63.4. The Balaban J connectivity index is 4.02. The minimum Gasteiger partial charge on any atom is -0.387 e. The molecule has 0 fully saturated rings. The summed E-state index contributed by atoms with van der Waals surface area (Å²) in [6.45, 7) is 4.65. The Kier molecular flexibility index (Phi) is 45.6. The van der Waals surface area contributed by atoms with E-state index in [-0.39, 0.29) is 19.1 Å². The number of carbonyl (C=O) groups is 1. The number of hydrogen-bond acceptors (Lipinski definition) is 5. The van der Waals surface area contributed by atoms with Crippen LogP contribution in [0, 0.1) is 0 Å². The lowest BCUT2D eigenvalue weighted by atomic mass is 10.0. The quantitative estimate of drug-likeness (QED) is 0.0243. The Hall–Kier alpha value is -2.58. The third-order valence-electron chi connectivity index (χ3n) is 11.3. The fourth-order valence-electron chi connectivity index (χ4n) is 7.14. The number of aliphatic hydroxyl groups excluding tert-OH is 1. The molecule has 9 heteroatoms. The molecule has 0 aromatic heterocycles. The summed E-state index contributed by atoms with van der Waals surface area (Å²) in [5, 5.41) is 13.8. The van der Waals surface area contributed by atoms with Gasteiger partial charge in [-0.25, -0.2) is 4.57 Å². The molecule has 8 nitrogen and oxygen atoms in total. The highest BCUT2D eigenvalue weighted by Crippen LogP contribution is 2.43. The number of hydrogen-bond donors (Lipinski definition) is 3. The van der Waals surface area contributed by atoms with Gasteiger partial charge in [-0.05, 0) is 77.0 Å². The highest BCUT2D eigenvalue weighted by molar-refractivity contribution is 7.47. The molecule has 0 heterocycles. The molecule has 0 bridgehead atoms. The van der Waals surface area contributed by atoms with E-state index in [9.17, 15) is 19.4 Å². The first-order chi connectivity index (χ1) is 32.0. The summed E-state index contributed by atoms with van der Waals surface area (Å²) in [5.74, 6) is -0.185. The maximum absolute atomic E-state index is 12.9. The monoisotopic (exact) mass is 942 g/mol. The molecule has 0 radical (unpaired) electrons. The van der Waals surface area contributed by atoms with Gasteiger partial charge in [-0.1, -0.05) is 220 Å². The summed E-state index contributed by atoms with van der Waals surface area (Å²) in [4.78, 5) is 23.1. The first-order valence-corrected chi connectivity index (χ1v) is 28.1. The minimum atomic E-state index is -4.34. The Labute approximate surface area is 407 Å². The third-order valence-corrected chi connectivity index (χ3v) is 12.3. The number of likely N-dealkylation sites (N-methyl/N-ethyl adjacent to an activating group) is 1. The number of amides is 1. The number of phosphoric acid groups is 1. The van der Waals surface area contributed by atoms with Gasteiger partial charge in [0.25, 0.3) is 0 Å². The van der Waals surface area contributed by atoms with Crippen molar-refractivity contribution in [2.24, 2.45) is 0 Å². The van der Waals surface area contributed by atoms with Crippen LogP contribution in [0.2, 0.25) is 0 Å². The fraction of sp³-hybridized carbons (Fsp3) is 0.702. The average Bonchev–Trinajstić information content (AvgIpc) is 3.28. The topological polar surface area (TPSA) is 105 Å². The number of nitrogens with one attached hydrogen (secondary N) is 1. The van der Waals surface area contributed by atoms with Crippen LogP contribution >= 0.6 is 7.82 Å². The number of quaternary nitrogens is 1. The average molecular weight is 942 g/mol. The number of carbonyl (C=O) groups excluding carboxylic acids is 1. The molecule has 66 heavy (non-hydrogen) atoms. The standard InChI is InChI=1S/C57H101N2O6P/c1-6-8-10-12-14-16-17-18-19-20-21-22-23-24-25-26-27-28-29-30-31-32-33-34-35-36-37-38-39-40-41-43-45-47-49-51-57(61)58-55(54-65-66(62,63)64-53-52-59(3,4)5)56(60)50-48-46-44-42-15-13-11-9-7-2/h8,10,14,16,18-19,21-22,24-25,27-28,30-31,48,50,55-56,60H,6-7,9,11-13,15,17,20,23,26,29,32-47,49,51-54H2,1-5H3,(H-,58,61,62,63)/p+1/b10-8-,16-14-,19-18-,22-21-,25-24-,28-27-,31-30-,50-48+. The van der Waals surface area contributed by atoms with Crippen LogP contribution in [0.5, 0.6) is 0 Å². The predicted octanol–water partition coefficient (Wildman–Crippen LogP) is 15.9. The summed E-state index contributed by atoms with van der Waals surface area (Å²) < 4.78 is 23.5. The first-order valence-electron chi connectivity index (χ1n) is 26.6. The van der Waals surface area contributed by atoms with Crippen LogP contribution in [0.4, 0.5) is 0 Å². The molecule has 0 aromatic rings. The summed E-state index contributed by atoms with van der Waals surface area (Å²) in [5.41, 5.74) is 0. The lowest BCUT2D eigenvalue weighted by molar-refractivity contribution is -0.870. The van der Waals surface area contributed by atoms with Crippen LogP contribution in [0.15, 0.2) is 97.2 Å². The number of phosphoric ester groups is 1. The van der Waals surface area contributed by atoms with Crippen molar-refractivity contribution in [1.82, 2.24) is 5.32 Å². The second-order valence-electron chi connectivity index (χ2n) is 18.9. The second-order valence-corrected chi connectivity index (χ2v) is 20.3. The number of unbranched alkanes of at least 4 members (excludes halogenated alkanes) is 20. The molecule has 0 rings (SSSR count). The number of rotatable bonds is 47. The lowest BCUT2D eigenvalue weighted by Gasteiger charge is -2.25. The zero-order valence-electron chi connectivity index (χ0n) is 43.1. The van der Waals surface area contributed by atoms with E-state index in [4.69, 9.17) is 9.05 Å². The third kappa shape index (κ3) is 49.3. The van der Waals surface area contributed by atoms with Crippen LogP contribution in [-0.4, -0.2) is 73.4 Å². The van der Waals surface area contributed by atoms with Crippen molar-refractivity contribution in [3.05, 3.63) is 97.2 Å². The molecule has 0 aromatic carbocycles. The van der Waals surface area contributed by atoms with E-state index in [1.54, 1.807) is 6.08 Å². The van der Waals surface area contributed by atoms with E-state index in [0.29, 0.717) is 17.4 Å². The molecule has 0 saturated carbocycles. The van der Waals surface area contributed by atoms with Gasteiger partial charge in [0, 0.05) is 6.42 Å². The van der Waals surface area contributed by atoms with E-state index in [1.165, 1.54) is 103 Å². The smallest absolute Gasteiger partial charge is 0.387 e. The highest BCUT2D eigenvalue weighted by atomic mass is 31.2. The molecule has 3 unspecified atom stereocenters. The van der Waals surface area contributed by atoms with Crippen molar-refractivity contribution in [3.63, 3.8) is 0 Å². The molecular formula is C57H102N2O6P+. The molecule has 0 aliphatic rings. The molecule has 0 spiro atoms. The van der Waals surface area contributed by atoms with Gasteiger partial charge in [-0.15, -0.1) is 0 Å². The van der Waals surface area contributed by atoms with Gasteiger partial charge in [0.15, 0.2) is 0 Å². The van der Waals surface area contributed by atoms with Crippen LogP contribution < -0.4 is 5.32 Å². The minimum absolute atomic E-state index is 0.0575. The molecule has 3 atom stereocenters. The zero-order chi connectivity index (χ0) is 48.5. The predicted molar refractivity (Wildman–Crippen MR) is 286 cm³/mol.